The Morgan fingerprint density at radius 1 is 0.492 bits per heavy atom. The summed E-state index contributed by atoms with van der Waals surface area (Å²) in [5.41, 5.74) is 20.2. The molecule has 306 valence electrons. The zero-order valence-corrected chi connectivity index (χ0v) is 36.7. The molecule has 0 radical (unpaired) electrons. The van der Waals surface area contributed by atoms with Crippen LogP contribution >= 0.6 is 0 Å². The van der Waals surface area contributed by atoms with Crippen LogP contribution in [0.2, 0.25) is 0 Å². The molecule has 1 aliphatic rings. The number of para-hydroxylation sites is 1. The van der Waals surface area contributed by atoms with Crippen LogP contribution in [0.5, 0.6) is 0 Å². The Kier molecular flexibility index (Phi) is 10.0. The topological polar surface area (TPSA) is 11.4 Å². The number of rotatable bonds is 10. The second-order valence-corrected chi connectivity index (χ2v) is 17.2. The maximum Gasteiger partial charge on any atom is 0.0542 e. The van der Waals surface area contributed by atoms with Gasteiger partial charge in [-0.15, -0.1) is 0 Å². The molecule has 1 aliphatic carbocycles. The largest absolute Gasteiger partial charge is 0.310 e. The number of aryl methyl sites for hydroxylation is 2. The first kappa shape index (κ1) is 39.5. The number of allylic oxidation sites excluding steroid dienone is 5. The Morgan fingerprint density at radius 2 is 0.968 bits per heavy atom. The molecule has 9 aromatic rings. The molecule has 0 bridgehead atoms. The molecule has 0 aliphatic heterocycles. The summed E-state index contributed by atoms with van der Waals surface area (Å²) in [7, 11) is 0. The predicted molar refractivity (Wildman–Crippen MR) is 271 cm³/mol. The lowest BCUT2D eigenvalue weighted by atomic mass is 9.82. The molecule has 0 fully saturated rings. The fraction of sp³-hybridized carbons (Fsp3) is 0.100. The summed E-state index contributed by atoms with van der Waals surface area (Å²) >= 11 is 0. The highest BCUT2D eigenvalue weighted by Crippen LogP contribution is 2.51. The average Bonchev–Trinajstić information content (AvgIpc) is 3.76. The summed E-state index contributed by atoms with van der Waals surface area (Å²) in [5, 5.41) is 2.41. The van der Waals surface area contributed by atoms with E-state index in [1.54, 1.807) is 0 Å². The number of benzene rings is 8. The highest BCUT2D eigenvalue weighted by atomic mass is 15.1. The first-order valence-electron chi connectivity index (χ1n) is 21.9. The van der Waals surface area contributed by atoms with Crippen LogP contribution in [0.3, 0.4) is 0 Å². The van der Waals surface area contributed by atoms with Gasteiger partial charge in [0.25, 0.3) is 0 Å². The summed E-state index contributed by atoms with van der Waals surface area (Å²) in [6, 6.07) is 67.0. The fourth-order valence-electron chi connectivity index (χ4n) is 9.61. The lowest BCUT2D eigenvalue weighted by Crippen LogP contribution is -2.15. The first-order valence-corrected chi connectivity index (χ1v) is 21.9. The van der Waals surface area contributed by atoms with Crippen molar-refractivity contribution < 1.29 is 0 Å². The Balaban J connectivity index is 1.01. The summed E-state index contributed by atoms with van der Waals surface area (Å²) in [5.74, 6) is 0. The monoisotopic (exact) mass is 813 g/mol. The Bertz CT molecular complexity index is 3210. The van der Waals surface area contributed by atoms with Crippen molar-refractivity contribution in [1.82, 2.24) is 4.57 Å². The van der Waals surface area contributed by atoms with Gasteiger partial charge in [0.05, 0.1) is 11.0 Å². The maximum absolute atomic E-state index is 4.01. The van der Waals surface area contributed by atoms with Gasteiger partial charge in [0, 0.05) is 56.0 Å². The van der Waals surface area contributed by atoms with Crippen LogP contribution in [0, 0.1) is 13.8 Å². The van der Waals surface area contributed by atoms with E-state index in [9.17, 15) is 0 Å². The van der Waals surface area contributed by atoms with Crippen LogP contribution in [0.15, 0.2) is 213 Å². The summed E-state index contributed by atoms with van der Waals surface area (Å²) in [4.78, 5) is 4.74. The first-order chi connectivity index (χ1) is 30.7. The molecule has 0 saturated heterocycles. The van der Waals surface area contributed by atoms with Gasteiger partial charge in [0.1, 0.15) is 0 Å². The third-order valence-electron chi connectivity index (χ3n) is 12.8. The van der Waals surface area contributed by atoms with Crippen LogP contribution in [-0.4, -0.2) is 4.57 Å². The van der Waals surface area contributed by atoms with Gasteiger partial charge >= 0.3 is 0 Å². The van der Waals surface area contributed by atoms with Crippen molar-refractivity contribution in [3.63, 3.8) is 0 Å². The standard InChI is InChI=1S/C60H51N3/c1-7-13-45(14-8-2)63-58-18-12-10-16-53(58)55-40-51(36-38-59(55)63)62(47-29-21-42(4)22-30-47)49-33-25-44(26-34-49)43-23-31-48(32-24-43)61(46-27-19-41(3)20-28-46)50-35-37-57-54(39-50)52-15-9-11-17-56(52)60(57,5)6/h7-40H,1H2,2-6H3/b14-8-,45-13+. The second kappa shape index (κ2) is 16.0. The molecule has 0 N–H and O–H groups in total. The van der Waals surface area contributed by atoms with Gasteiger partial charge in [-0.2, -0.15) is 0 Å². The van der Waals surface area contributed by atoms with Crippen LogP contribution < -0.4 is 9.80 Å². The van der Waals surface area contributed by atoms with E-state index in [1.165, 1.54) is 49.7 Å². The lowest BCUT2D eigenvalue weighted by Gasteiger charge is -2.27. The van der Waals surface area contributed by atoms with E-state index in [0.717, 1.165) is 56.4 Å². The van der Waals surface area contributed by atoms with Crippen molar-refractivity contribution in [3.05, 3.63) is 235 Å². The summed E-state index contributed by atoms with van der Waals surface area (Å²) in [6.07, 6.45) is 8.15. The molecule has 3 nitrogen and oxygen atoms in total. The predicted octanol–water partition coefficient (Wildman–Crippen LogP) is 16.9. The second-order valence-electron chi connectivity index (χ2n) is 17.2. The van der Waals surface area contributed by atoms with Gasteiger partial charge in [0.15, 0.2) is 0 Å². The molecule has 63 heavy (non-hydrogen) atoms. The Labute approximate surface area is 371 Å². The van der Waals surface area contributed by atoms with Crippen LogP contribution in [0.25, 0.3) is 49.8 Å². The Hall–Kier alpha value is -7.62. The third kappa shape index (κ3) is 6.96. The van der Waals surface area contributed by atoms with E-state index in [1.807, 2.05) is 6.08 Å². The smallest absolute Gasteiger partial charge is 0.0542 e. The molecule has 10 rings (SSSR count). The minimum Gasteiger partial charge on any atom is -0.310 e. The molecule has 8 aromatic carbocycles. The van der Waals surface area contributed by atoms with Gasteiger partial charge in [-0.25, -0.2) is 0 Å². The zero-order valence-electron chi connectivity index (χ0n) is 36.7. The van der Waals surface area contributed by atoms with Crippen LogP contribution in [0.4, 0.5) is 34.1 Å². The fourth-order valence-corrected chi connectivity index (χ4v) is 9.61. The van der Waals surface area contributed by atoms with E-state index in [2.05, 4.69) is 256 Å². The van der Waals surface area contributed by atoms with E-state index < -0.39 is 0 Å². The molecule has 1 heterocycles. The molecular weight excluding hydrogens is 763 g/mol. The van der Waals surface area contributed by atoms with Crippen LogP contribution in [-0.2, 0) is 5.41 Å². The van der Waals surface area contributed by atoms with Crippen molar-refractivity contribution >= 4 is 61.6 Å². The molecule has 0 amide bonds. The summed E-state index contributed by atoms with van der Waals surface area (Å²) in [6.45, 7) is 15.0. The van der Waals surface area contributed by atoms with Crippen molar-refractivity contribution in [3.8, 4) is 22.3 Å². The van der Waals surface area contributed by atoms with Crippen molar-refractivity contribution in [2.45, 2.75) is 40.0 Å². The highest BCUT2D eigenvalue weighted by Gasteiger charge is 2.35. The molecule has 3 heteroatoms. The van der Waals surface area contributed by atoms with E-state index in [4.69, 9.17) is 0 Å². The minimum atomic E-state index is -0.0394. The molecule has 0 unspecified atom stereocenters. The third-order valence-corrected chi connectivity index (χ3v) is 12.8. The van der Waals surface area contributed by atoms with Crippen molar-refractivity contribution in [2.75, 3.05) is 9.80 Å². The maximum atomic E-state index is 4.01. The number of anilines is 6. The molecule has 0 spiro atoms. The SMILES string of the molecule is C=C/C=C(\C=C/C)n1c2ccccc2c2cc(N(c3ccc(C)cc3)c3ccc(-c4ccc(N(c5ccc(C)cc5)c5ccc6c(c5)-c5ccccc5C6(C)C)cc4)cc3)ccc21. The number of hydrogen-bond acceptors (Lipinski definition) is 2. The average molecular weight is 814 g/mol. The molecule has 1 aromatic heterocycles. The van der Waals surface area contributed by atoms with Crippen molar-refractivity contribution in [1.29, 1.82) is 0 Å². The van der Waals surface area contributed by atoms with Gasteiger partial charge in [-0.1, -0.05) is 141 Å². The van der Waals surface area contributed by atoms with Crippen LogP contribution in [0.1, 0.15) is 43.0 Å². The number of fused-ring (bicyclic) bond motifs is 6. The number of hydrogen-bond donors (Lipinski definition) is 0. The van der Waals surface area contributed by atoms with Gasteiger partial charge in [0.2, 0.25) is 0 Å². The lowest BCUT2D eigenvalue weighted by molar-refractivity contribution is 0.660. The number of nitrogens with zero attached hydrogens (tertiary/aromatic N) is 3. The molecular formula is C60H51N3. The van der Waals surface area contributed by atoms with Gasteiger partial charge in [-0.3, -0.25) is 0 Å². The van der Waals surface area contributed by atoms with E-state index >= 15 is 0 Å². The number of aromatic nitrogens is 1. The normalized spacial score (nSPS) is 13.1. The van der Waals surface area contributed by atoms with E-state index in [0.29, 0.717) is 0 Å². The zero-order chi connectivity index (χ0) is 43.2. The van der Waals surface area contributed by atoms with E-state index in [-0.39, 0.29) is 5.41 Å². The quantitative estimate of drug-likeness (QED) is 0.127. The van der Waals surface area contributed by atoms with Gasteiger partial charge in [-0.05, 0) is 151 Å². The molecule has 0 atom stereocenters. The summed E-state index contributed by atoms with van der Waals surface area (Å²) < 4.78 is 2.33. The Morgan fingerprint density at radius 3 is 1.56 bits per heavy atom. The minimum absolute atomic E-state index is 0.0394. The van der Waals surface area contributed by atoms with Crippen molar-refractivity contribution in [2.24, 2.45) is 0 Å². The highest BCUT2D eigenvalue weighted by molar-refractivity contribution is 6.12. The van der Waals surface area contributed by atoms with Gasteiger partial charge < -0.3 is 14.4 Å². The molecule has 0 saturated carbocycles.